The SMILES string of the molecule is CN(C)c1nccc(CNS(=O)(=O)c2cn3c(n2)CCCC3)n1. The zero-order valence-electron chi connectivity index (χ0n) is 13.2. The zero-order chi connectivity index (χ0) is 16.4. The van der Waals surface area contributed by atoms with E-state index in [1.54, 1.807) is 23.4 Å². The molecule has 1 aliphatic heterocycles. The molecule has 0 aliphatic carbocycles. The maximum absolute atomic E-state index is 12.4. The largest absolute Gasteiger partial charge is 0.347 e. The van der Waals surface area contributed by atoms with Crippen molar-refractivity contribution in [3.05, 3.63) is 30.0 Å². The van der Waals surface area contributed by atoms with Crippen LogP contribution in [0.1, 0.15) is 24.4 Å². The number of fused-ring (bicyclic) bond motifs is 1. The van der Waals surface area contributed by atoms with E-state index in [-0.39, 0.29) is 11.6 Å². The summed E-state index contributed by atoms with van der Waals surface area (Å²) in [5, 5.41) is 0.0799. The summed E-state index contributed by atoms with van der Waals surface area (Å²) < 4.78 is 29.3. The Morgan fingerprint density at radius 3 is 2.87 bits per heavy atom. The Bertz CT molecular complexity index is 776. The van der Waals surface area contributed by atoms with Crippen molar-refractivity contribution in [2.45, 2.75) is 37.4 Å². The molecule has 0 aromatic carbocycles. The first-order chi connectivity index (χ1) is 11.0. The molecule has 0 saturated carbocycles. The van der Waals surface area contributed by atoms with Crippen molar-refractivity contribution in [3.8, 4) is 0 Å². The summed E-state index contributed by atoms with van der Waals surface area (Å²) in [4.78, 5) is 14.4. The molecular weight excluding hydrogens is 316 g/mol. The van der Waals surface area contributed by atoms with E-state index in [2.05, 4.69) is 19.7 Å². The van der Waals surface area contributed by atoms with E-state index in [0.29, 0.717) is 11.6 Å². The van der Waals surface area contributed by atoms with Crippen LogP contribution in [-0.2, 0) is 29.5 Å². The minimum Gasteiger partial charge on any atom is -0.347 e. The highest BCUT2D eigenvalue weighted by molar-refractivity contribution is 7.89. The van der Waals surface area contributed by atoms with Crippen LogP contribution in [0, 0.1) is 0 Å². The van der Waals surface area contributed by atoms with Gasteiger partial charge in [-0.05, 0) is 18.9 Å². The van der Waals surface area contributed by atoms with Crippen LogP contribution in [0.15, 0.2) is 23.5 Å². The zero-order valence-corrected chi connectivity index (χ0v) is 14.0. The Balaban J connectivity index is 1.74. The number of aromatic nitrogens is 4. The summed E-state index contributed by atoms with van der Waals surface area (Å²) in [5.41, 5.74) is 0.608. The average Bonchev–Trinajstić information content (AvgIpc) is 2.98. The van der Waals surface area contributed by atoms with Crippen LogP contribution in [0.3, 0.4) is 0 Å². The molecular formula is C14H20N6O2S. The lowest BCUT2D eigenvalue weighted by molar-refractivity contribution is 0.522. The van der Waals surface area contributed by atoms with Gasteiger partial charge in [-0.2, -0.15) is 0 Å². The molecule has 0 spiro atoms. The van der Waals surface area contributed by atoms with Gasteiger partial charge in [0.05, 0.1) is 12.2 Å². The summed E-state index contributed by atoms with van der Waals surface area (Å²) in [7, 11) is 0.0229. The number of nitrogens with one attached hydrogen (secondary N) is 1. The van der Waals surface area contributed by atoms with Crippen LogP contribution < -0.4 is 9.62 Å². The second-order valence-electron chi connectivity index (χ2n) is 5.71. The van der Waals surface area contributed by atoms with Gasteiger partial charge in [0.2, 0.25) is 5.95 Å². The van der Waals surface area contributed by atoms with Gasteiger partial charge in [0.1, 0.15) is 5.82 Å². The van der Waals surface area contributed by atoms with E-state index in [0.717, 1.165) is 31.6 Å². The molecule has 2 aromatic heterocycles. The topological polar surface area (TPSA) is 93.0 Å². The molecule has 3 rings (SSSR count). The Morgan fingerprint density at radius 1 is 1.30 bits per heavy atom. The van der Waals surface area contributed by atoms with Crippen LogP contribution in [0.4, 0.5) is 5.95 Å². The van der Waals surface area contributed by atoms with Crippen molar-refractivity contribution in [1.82, 2.24) is 24.2 Å². The molecule has 23 heavy (non-hydrogen) atoms. The highest BCUT2D eigenvalue weighted by atomic mass is 32.2. The standard InChI is InChI=1S/C14H20N6O2S/c1-19(2)14-15-7-6-11(17-14)9-16-23(21,22)13-10-20-8-4-3-5-12(20)18-13/h6-7,10,16H,3-5,8-9H2,1-2H3. The third-order valence-electron chi connectivity index (χ3n) is 3.71. The molecule has 9 heteroatoms. The molecule has 0 radical (unpaired) electrons. The van der Waals surface area contributed by atoms with Crippen molar-refractivity contribution >= 4 is 16.0 Å². The number of imidazole rings is 1. The lowest BCUT2D eigenvalue weighted by Gasteiger charge is -2.11. The number of sulfonamides is 1. The van der Waals surface area contributed by atoms with Crippen LogP contribution in [0.5, 0.6) is 0 Å². The van der Waals surface area contributed by atoms with Gasteiger partial charge in [0.15, 0.2) is 5.03 Å². The van der Waals surface area contributed by atoms with Crippen molar-refractivity contribution in [1.29, 1.82) is 0 Å². The summed E-state index contributed by atoms with van der Waals surface area (Å²) in [6, 6.07) is 1.69. The van der Waals surface area contributed by atoms with E-state index in [1.165, 1.54) is 0 Å². The molecule has 0 bridgehead atoms. The Morgan fingerprint density at radius 2 is 2.13 bits per heavy atom. The van der Waals surface area contributed by atoms with Crippen LogP contribution in [-0.4, -0.2) is 42.0 Å². The van der Waals surface area contributed by atoms with Gasteiger partial charge in [-0.3, -0.25) is 0 Å². The first-order valence-electron chi connectivity index (χ1n) is 7.51. The number of anilines is 1. The summed E-state index contributed by atoms with van der Waals surface area (Å²) in [6.45, 7) is 0.934. The molecule has 8 nitrogen and oxygen atoms in total. The van der Waals surface area contributed by atoms with Crippen LogP contribution in [0.25, 0.3) is 0 Å². The second kappa shape index (κ2) is 6.25. The molecule has 0 unspecified atom stereocenters. The molecule has 0 saturated heterocycles. The van der Waals surface area contributed by atoms with Gasteiger partial charge in [0.25, 0.3) is 10.0 Å². The predicted molar refractivity (Wildman–Crippen MR) is 85.5 cm³/mol. The first kappa shape index (κ1) is 15.9. The van der Waals surface area contributed by atoms with Gasteiger partial charge >= 0.3 is 0 Å². The number of hydrogen-bond donors (Lipinski definition) is 1. The number of nitrogens with zero attached hydrogens (tertiary/aromatic N) is 5. The third kappa shape index (κ3) is 3.50. The average molecular weight is 336 g/mol. The van der Waals surface area contributed by atoms with Gasteiger partial charge in [-0.1, -0.05) is 0 Å². The van der Waals surface area contributed by atoms with E-state index in [4.69, 9.17) is 0 Å². The molecule has 0 fully saturated rings. The fourth-order valence-electron chi connectivity index (χ4n) is 2.46. The summed E-state index contributed by atoms with van der Waals surface area (Å²) in [5.74, 6) is 1.38. The summed E-state index contributed by atoms with van der Waals surface area (Å²) in [6.07, 6.45) is 6.17. The molecule has 0 amide bonds. The quantitative estimate of drug-likeness (QED) is 0.857. The normalized spacial score (nSPS) is 14.5. The minimum absolute atomic E-state index is 0.0799. The van der Waals surface area contributed by atoms with Gasteiger partial charge in [-0.15, -0.1) is 0 Å². The fourth-order valence-corrected chi connectivity index (χ4v) is 3.43. The molecule has 0 atom stereocenters. The molecule has 1 N–H and O–H groups in total. The van der Waals surface area contributed by atoms with E-state index in [9.17, 15) is 8.42 Å². The first-order valence-corrected chi connectivity index (χ1v) is 8.99. The maximum atomic E-state index is 12.4. The molecule has 3 heterocycles. The maximum Gasteiger partial charge on any atom is 0.259 e. The lowest BCUT2D eigenvalue weighted by Crippen LogP contribution is -2.24. The van der Waals surface area contributed by atoms with Crippen molar-refractivity contribution in [3.63, 3.8) is 0 Å². The van der Waals surface area contributed by atoms with Crippen LogP contribution >= 0.6 is 0 Å². The van der Waals surface area contributed by atoms with Crippen molar-refractivity contribution in [2.24, 2.45) is 0 Å². The van der Waals surface area contributed by atoms with E-state index in [1.807, 2.05) is 18.7 Å². The second-order valence-corrected chi connectivity index (χ2v) is 7.43. The molecule has 1 aliphatic rings. The molecule has 2 aromatic rings. The number of hydrogen-bond acceptors (Lipinski definition) is 6. The third-order valence-corrected chi connectivity index (χ3v) is 4.98. The minimum atomic E-state index is -3.64. The molecule has 124 valence electrons. The van der Waals surface area contributed by atoms with Crippen molar-refractivity contribution < 1.29 is 8.42 Å². The number of aryl methyl sites for hydroxylation is 2. The van der Waals surface area contributed by atoms with E-state index < -0.39 is 10.0 Å². The van der Waals surface area contributed by atoms with Crippen LogP contribution in [0.2, 0.25) is 0 Å². The smallest absolute Gasteiger partial charge is 0.259 e. The Labute approximate surface area is 135 Å². The van der Waals surface area contributed by atoms with E-state index >= 15 is 0 Å². The van der Waals surface area contributed by atoms with Gasteiger partial charge < -0.3 is 9.47 Å². The lowest BCUT2D eigenvalue weighted by atomic mass is 10.2. The monoisotopic (exact) mass is 336 g/mol. The highest BCUT2D eigenvalue weighted by Gasteiger charge is 2.21. The predicted octanol–water partition coefficient (Wildman–Crippen LogP) is 0.554. The Hall–Kier alpha value is -2.00. The summed E-state index contributed by atoms with van der Waals surface area (Å²) >= 11 is 0. The highest BCUT2D eigenvalue weighted by Crippen LogP contribution is 2.17. The Kier molecular flexibility index (Phi) is 4.31. The number of rotatable bonds is 5. The fraction of sp³-hybridized carbons (Fsp3) is 0.500. The van der Waals surface area contributed by atoms with Gasteiger partial charge in [-0.25, -0.2) is 28.1 Å². The van der Waals surface area contributed by atoms with Gasteiger partial charge in [0, 0.05) is 39.5 Å². The van der Waals surface area contributed by atoms with Crippen molar-refractivity contribution in [2.75, 3.05) is 19.0 Å².